The molecule has 1 aliphatic rings. The number of nitrogens with one attached hydrogen (secondary N) is 1. The second-order valence-electron chi connectivity index (χ2n) is 8.97. The van der Waals surface area contributed by atoms with Gasteiger partial charge in [-0.15, -0.1) is 0 Å². The highest BCUT2D eigenvalue weighted by Crippen LogP contribution is 2.37. The van der Waals surface area contributed by atoms with Crippen LogP contribution in [-0.2, 0) is 41.7 Å². The van der Waals surface area contributed by atoms with Crippen LogP contribution in [-0.4, -0.2) is 49.6 Å². The first-order valence-electron chi connectivity index (χ1n) is 11.8. The third-order valence-corrected chi connectivity index (χ3v) is 6.59. The molecule has 1 aromatic heterocycles. The van der Waals surface area contributed by atoms with Crippen LogP contribution in [0.3, 0.4) is 0 Å². The molecule has 1 fully saturated rings. The van der Waals surface area contributed by atoms with Gasteiger partial charge in [0.2, 0.25) is 0 Å². The van der Waals surface area contributed by atoms with E-state index in [0.717, 1.165) is 21.9 Å². The summed E-state index contributed by atoms with van der Waals surface area (Å²) in [5.41, 5.74) is 0.901. The van der Waals surface area contributed by atoms with Crippen molar-refractivity contribution < 1.29 is 26.8 Å². The lowest BCUT2D eigenvalue weighted by atomic mass is 9.99. The van der Waals surface area contributed by atoms with Crippen molar-refractivity contribution in [3.63, 3.8) is 0 Å². The van der Waals surface area contributed by atoms with Crippen LogP contribution >= 0.6 is 0 Å². The van der Waals surface area contributed by atoms with Gasteiger partial charge in [0, 0.05) is 17.7 Å². The molecule has 0 spiro atoms. The van der Waals surface area contributed by atoms with Crippen LogP contribution in [0, 0.1) is 12.8 Å². The summed E-state index contributed by atoms with van der Waals surface area (Å²) in [6.07, 6.45) is -0.617. The van der Waals surface area contributed by atoms with Crippen LogP contribution in [0.1, 0.15) is 22.9 Å². The summed E-state index contributed by atoms with van der Waals surface area (Å²) in [6.45, 7) is 2.34. The first-order chi connectivity index (χ1) is 17.7. The Labute approximate surface area is 214 Å². The molecular weight excluding hydrogens is 500 g/mol. The number of nitrogens with zero attached hydrogens (tertiary/aromatic N) is 1. The number of aromatic amines is 1. The van der Waals surface area contributed by atoms with E-state index in [1.807, 2.05) is 60.7 Å². The predicted molar refractivity (Wildman–Crippen MR) is 135 cm³/mol. The zero-order valence-corrected chi connectivity index (χ0v) is 21.4. The van der Waals surface area contributed by atoms with E-state index in [4.69, 9.17) is 18.4 Å². The molecule has 0 bridgehead atoms. The summed E-state index contributed by atoms with van der Waals surface area (Å²) < 4.78 is 49.1. The highest BCUT2D eigenvalue weighted by molar-refractivity contribution is 7.86. The van der Waals surface area contributed by atoms with Crippen molar-refractivity contribution >= 4 is 10.1 Å². The fourth-order valence-corrected chi connectivity index (χ4v) is 4.86. The molecule has 2 aromatic carbocycles. The lowest BCUT2D eigenvalue weighted by molar-refractivity contribution is -0.0673. The average molecular weight is 531 g/mol. The number of ether oxygens (including phenoxy) is 3. The van der Waals surface area contributed by atoms with Crippen molar-refractivity contribution in [2.24, 2.45) is 5.92 Å². The van der Waals surface area contributed by atoms with Gasteiger partial charge in [0.15, 0.2) is 6.23 Å². The van der Waals surface area contributed by atoms with Crippen molar-refractivity contribution in [2.75, 3.05) is 19.5 Å². The first-order valence-corrected chi connectivity index (χ1v) is 13.6. The topological polar surface area (TPSA) is 126 Å². The minimum absolute atomic E-state index is 0.0853. The molecule has 0 saturated carbocycles. The fraction of sp³-hybridized carbons (Fsp3) is 0.385. The summed E-state index contributed by atoms with van der Waals surface area (Å²) in [7, 11) is -3.94. The maximum atomic E-state index is 12.7. The minimum Gasteiger partial charge on any atom is -0.376 e. The summed E-state index contributed by atoms with van der Waals surface area (Å²) in [4.78, 5) is 26.8. The van der Waals surface area contributed by atoms with Crippen molar-refractivity contribution in [1.82, 2.24) is 9.55 Å². The third-order valence-electron chi connectivity index (χ3n) is 6.02. The Kier molecular flexibility index (Phi) is 8.72. The Hall–Kier alpha value is -3.09. The van der Waals surface area contributed by atoms with Gasteiger partial charge in [0.25, 0.3) is 15.7 Å². The maximum absolute atomic E-state index is 12.7. The molecule has 198 valence electrons. The van der Waals surface area contributed by atoms with E-state index in [-0.39, 0.29) is 18.8 Å². The van der Waals surface area contributed by atoms with E-state index in [0.29, 0.717) is 13.2 Å². The van der Waals surface area contributed by atoms with E-state index < -0.39 is 45.7 Å². The van der Waals surface area contributed by atoms with Gasteiger partial charge >= 0.3 is 5.69 Å². The smallest absolute Gasteiger partial charge is 0.330 e. The van der Waals surface area contributed by atoms with Crippen molar-refractivity contribution in [1.29, 1.82) is 0 Å². The van der Waals surface area contributed by atoms with Gasteiger partial charge in [0.05, 0.1) is 38.8 Å². The monoisotopic (exact) mass is 530 g/mol. The van der Waals surface area contributed by atoms with E-state index >= 15 is 0 Å². The van der Waals surface area contributed by atoms with Crippen LogP contribution in [0.2, 0.25) is 0 Å². The Morgan fingerprint density at radius 1 is 0.919 bits per heavy atom. The predicted octanol–water partition coefficient (Wildman–Crippen LogP) is 2.14. The molecule has 0 amide bonds. The van der Waals surface area contributed by atoms with E-state index in [9.17, 15) is 18.0 Å². The van der Waals surface area contributed by atoms with Crippen molar-refractivity contribution in [3.05, 3.63) is 104 Å². The highest BCUT2D eigenvalue weighted by Gasteiger charge is 2.48. The van der Waals surface area contributed by atoms with Gasteiger partial charge in [0.1, 0.15) is 6.10 Å². The molecule has 4 rings (SSSR count). The number of hydrogen-bond donors (Lipinski definition) is 1. The standard InChI is InChI=1S/C26H30N2O8S/c1-18-13-28(26(30)27-24(18)29)25-23(36-37(2,31)32)21(16-33-14-19-9-5-3-6-10-19)22(35-25)17-34-15-20-11-7-4-8-12-20/h3-13,21-23,25H,14-17H2,1-2H3,(H,27,29,30)/t21-,22-,23-,25-/m1/s1. The second kappa shape index (κ2) is 12.0. The molecule has 1 N–H and O–H groups in total. The molecule has 1 saturated heterocycles. The third kappa shape index (κ3) is 7.24. The van der Waals surface area contributed by atoms with E-state index in [1.54, 1.807) is 0 Å². The molecule has 0 unspecified atom stereocenters. The van der Waals surface area contributed by atoms with Gasteiger partial charge in [-0.2, -0.15) is 8.42 Å². The van der Waals surface area contributed by atoms with E-state index in [1.165, 1.54) is 13.1 Å². The Balaban J connectivity index is 1.60. The molecule has 0 aliphatic carbocycles. The van der Waals surface area contributed by atoms with Crippen LogP contribution in [0.25, 0.3) is 0 Å². The van der Waals surface area contributed by atoms with Gasteiger partial charge in [-0.05, 0) is 18.1 Å². The second-order valence-corrected chi connectivity index (χ2v) is 10.6. The molecule has 0 radical (unpaired) electrons. The van der Waals surface area contributed by atoms with Crippen molar-refractivity contribution in [3.8, 4) is 0 Å². The highest BCUT2D eigenvalue weighted by atomic mass is 32.2. The Morgan fingerprint density at radius 2 is 1.49 bits per heavy atom. The summed E-state index contributed by atoms with van der Waals surface area (Å²) >= 11 is 0. The number of H-pyrrole nitrogens is 1. The lowest BCUT2D eigenvalue weighted by Gasteiger charge is -2.24. The van der Waals surface area contributed by atoms with E-state index in [2.05, 4.69) is 4.98 Å². The normalized spacial score (nSPS) is 21.8. The molecule has 11 heteroatoms. The van der Waals surface area contributed by atoms with Crippen LogP contribution < -0.4 is 11.2 Å². The summed E-state index contributed by atoms with van der Waals surface area (Å²) in [6, 6.07) is 19.1. The number of aromatic nitrogens is 2. The Bertz CT molecular complexity index is 1390. The molecular formula is C26H30N2O8S. The molecule has 37 heavy (non-hydrogen) atoms. The van der Waals surface area contributed by atoms with Gasteiger partial charge in [-0.1, -0.05) is 60.7 Å². The fourth-order valence-electron chi connectivity index (χ4n) is 4.22. The molecule has 4 atom stereocenters. The number of benzene rings is 2. The number of rotatable bonds is 11. The summed E-state index contributed by atoms with van der Waals surface area (Å²) in [5, 5.41) is 0. The van der Waals surface area contributed by atoms with Crippen LogP contribution in [0.4, 0.5) is 0 Å². The first kappa shape index (κ1) is 27.0. The molecule has 3 aromatic rings. The Morgan fingerprint density at radius 3 is 2.05 bits per heavy atom. The molecule has 10 nitrogen and oxygen atoms in total. The largest absolute Gasteiger partial charge is 0.376 e. The van der Waals surface area contributed by atoms with Crippen LogP contribution in [0.15, 0.2) is 76.4 Å². The van der Waals surface area contributed by atoms with Gasteiger partial charge in [-0.25, -0.2) is 4.79 Å². The zero-order chi connectivity index (χ0) is 26.4. The molecule has 2 heterocycles. The number of aryl methyl sites for hydroxylation is 1. The van der Waals surface area contributed by atoms with Gasteiger partial charge in [-0.3, -0.25) is 18.5 Å². The minimum atomic E-state index is -3.94. The lowest BCUT2D eigenvalue weighted by Crippen LogP contribution is -2.40. The number of hydrogen-bond acceptors (Lipinski definition) is 8. The quantitative estimate of drug-likeness (QED) is 0.374. The van der Waals surface area contributed by atoms with Crippen molar-refractivity contribution in [2.45, 2.75) is 38.6 Å². The molecule has 1 aliphatic heterocycles. The zero-order valence-electron chi connectivity index (χ0n) is 20.6. The van der Waals surface area contributed by atoms with Crippen LogP contribution in [0.5, 0.6) is 0 Å². The summed E-state index contributed by atoms with van der Waals surface area (Å²) in [5.74, 6) is -0.599. The SMILES string of the molecule is Cc1cn([C@@H]2O[C@H](COCc3ccccc3)[C@@H](COCc3ccccc3)[C@H]2OS(C)(=O)=O)c(=O)[nH]c1=O. The maximum Gasteiger partial charge on any atom is 0.330 e. The average Bonchev–Trinajstić information content (AvgIpc) is 3.18. The van der Waals surface area contributed by atoms with Gasteiger partial charge < -0.3 is 14.2 Å².